The average Bonchev–Trinajstić information content (AvgIpc) is 2.70. The first-order valence-corrected chi connectivity index (χ1v) is 5.52. The standard InChI is InChI=1S/C10H14ClN5O/c1-16(2)5-12-10-14-8(11)7-3-6(4-17)13-9(7)15-10/h3,17H,4-5H2,1-2H3,(H2,12,13,14,15). The van der Waals surface area contributed by atoms with Crippen LogP contribution < -0.4 is 5.32 Å². The second-order valence-electron chi connectivity index (χ2n) is 3.97. The molecule has 2 aromatic rings. The number of H-pyrrole nitrogens is 1. The normalized spacial score (nSPS) is 11.4. The van der Waals surface area contributed by atoms with Crippen molar-refractivity contribution in [2.24, 2.45) is 0 Å². The van der Waals surface area contributed by atoms with Crippen LogP contribution in [0, 0.1) is 0 Å². The maximum atomic E-state index is 9.03. The van der Waals surface area contributed by atoms with Gasteiger partial charge in [0, 0.05) is 5.69 Å². The molecule has 0 saturated heterocycles. The zero-order valence-electron chi connectivity index (χ0n) is 9.66. The fourth-order valence-corrected chi connectivity index (χ4v) is 1.64. The number of nitrogens with one attached hydrogen (secondary N) is 2. The number of aromatic amines is 1. The number of aliphatic hydroxyl groups excluding tert-OH is 1. The molecule has 0 aromatic carbocycles. The van der Waals surface area contributed by atoms with E-state index in [1.165, 1.54) is 0 Å². The van der Waals surface area contributed by atoms with Crippen molar-refractivity contribution >= 4 is 28.6 Å². The van der Waals surface area contributed by atoms with Crippen LogP contribution in [0.3, 0.4) is 0 Å². The summed E-state index contributed by atoms with van der Waals surface area (Å²) in [6.45, 7) is 0.544. The fraction of sp³-hybridized carbons (Fsp3) is 0.400. The van der Waals surface area contributed by atoms with Crippen LogP contribution in [0.15, 0.2) is 6.07 Å². The van der Waals surface area contributed by atoms with Gasteiger partial charge in [0.25, 0.3) is 0 Å². The van der Waals surface area contributed by atoms with E-state index >= 15 is 0 Å². The van der Waals surface area contributed by atoms with Crippen molar-refractivity contribution in [2.45, 2.75) is 6.61 Å². The summed E-state index contributed by atoms with van der Waals surface area (Å²) in [7, 11) is 3.87. The number of halogens is 1. The van der Waals surface area contributed by atoms with E-state index in [4.69, 9.17) is 16.7 Å². The van der Waals surface area contributed by atoms with Crippen LogP contribution in [0.25, 0.3) is 11.0 Å². The Balaban J connectivity index is 2.33. The van der Waals surface area contributed by atoms with Gasteiger partial charge in [-0.05, 0) is 20.2 Å². The molecule has 0 spiro atoms. The lowest BCUT2D eigenvalue weighted by Gasteiger charge is -2.10. The highest BCUT2D eigenvalue weighted by molar-refractivity contribution is 6.34. The van der Waals surface area contributed by atoms with Crippen molar-refractivity contribution in [3.8, 4) is 0 Å². The molecule has 17 heavy (non-hydrogen) atoms. The maximum Gasteiger partial charge on any atom is 0.227 e. The van der Waals surface area contributed by atoms with Crippen LogP contribution in [0.5, 0.6) is 0 Å². The number of fused-ring (bicyclic) bond motifs is 1. The highest BCUT2D eigenvalue weighted by Crippen LogP contribution is 2.22. The van der Waals surface area contributed by atoms with Crippen LogP contribution >= 0.6 is 11.6 Å². The monoisotopic (exact) mass is 255 g/mol. The zero-order chi connectivity index (χ0) is 12.4. The lowest BCUT2D eigenvalue weighted by Crippen LogP contribution is -2.21. The van der Waals surface area contributed by atoms with Gasteiger partial charge in [-0.15, -0.1) is 0 Å². The third-order valence-electron chi connectivity index (χ3n) is 2.22. The number of nitrogens with zero attached hydrogens (tertiary/aromatic N) is 3. The SMILES string of the molecule is CN(C)CNc1nc(Cl)c2cc(CO)[nH]c2n1. The summed E-state index contributed by atoms with van der Waals surface area (Å²) in [4.78, 5) is 13.3. The zero-order valence-corrected chi connectivity index (χ0v) is 10.4. The Morgan fingerprint density at radius 1 is 1.47 bits per heavy atom. The summed E-state index contributed by atoms with van der Waals surface area (Å²) in [5, 5.41) is 13.2. The van der Waals surface area contributed by atoms with Gasteiger partial charge in [0.1, 0.15) is 10.8 Å². The summed E-state index contributed by atoms with van der Waals surface area (Å²) in [6.07, 6.45) is 0. The molecule has 0 unspecified atom stereocenters. The summed E-state index contributed by atoms with van der Waals surface area (Å²) in [6, 6.07) is 1.74. The Hall–Kier alpha value is -1.37. The number of aliphatic hydroxyl groups is 1. The van der Waals surface area contributed by atoms with Crippen LogP contribution in [-0.2, 0) is 6.61 Å². The van der Waals surface area contributed by atoms with E-state index in [9.17, 15) is 0 Å². The first-order chi connectivity index (χ1) is 8.10. The second-order valence-corrected chi connectivity index (χ2v) is 4.33. The molecule has 0 saturated carbocycles. The minimum absolute atomic E-state index is 0.0762. The third-order valence-corrected chi connectivity index (χ3v) is 2.51. The van der Waals surface area contributed by atoms with E-state index in [0.29, 0.717) is 34.5 Å². The molecule has 0 bridgehead atoms. The van der Waals surface area contributed by atoms with Gasteiger partial charge in [0.15, 0.2) is 0 Å². The molecule has 0 aliphatic carbocycles. The number of hydrogen-bond donors (Lipinski definition) is 3. The molecule has 0 amide bonds. The van der Waals surface area contributed by atoms with Crippen molar-refractivity contribution in [1.29, 1.82) is 0 Å². The molecule has 0 aliphatic rings. The van der Waals surface area contributed by atoms with Gasteiger partial charge in [-0.2, -0.15) is 4.98 Å². The van der Waals surface area contributed by atoms with Crippen molar-refractivity contribution in [1.82, 2.24) is 19.9 Å². The predicted molar refractivity (Wildman–Crippen MR) is 67.0 cm³/mol. The molecule has 0 fully saturated rings. The number of anilines is 1. The van der Waals surface area contributed by atoms with E-state index in [1.807, 2.05) is 19.0 Å². The highest BCUT2D eigenvalue weighted by Gasteiger charge is 2.09. The Bertz CT molecular complexity index is 525. The summed E-state index contributed by atoms with van der Waals surface area (Å²) >= 11 is 6.04. The quantitative estimate of drug-likeness (QED) is 0.562. The van der Waals surface area contributed by atoms with Crippen LogP contribution in [0.4, 0.5) is 5.95 Å². The number of aromatic nitrogens is 3. The minimum atomic E-state index is -0.0762. The van der Waals surface area contributed by atoms with Crippen molar-refractivity contribution in [2.75, 3.05) is 26.1 Å². The van der Waals surface area contributed by atoms with Gasteiger partial charge in [0.05, 0.1) is 18.7 Å². The molecule has 0 radical (unpaired) electrons. The smallest absolute Gasteiger partial charge is 0.227 e. The Morgan fingerprint density at radius 3 is 2.88 bits per heavy atom. The van der Waals surface area contributed by atoms with Gasteiger partial charge in [0.2, 0.25) is 5.95 Å². The molecule has 2 heterocycles. The van der Waals surface area contributed by atoms with Gasteiger partial charge in [-0.1, -0.05) is 11.6 Å². The van der Waals surface area contributed by atoms with Gasteiger partial charge < -0.3 is 15.4 Å². The van der Waals surface area contributed by atoms with Gasteiger partial charge in [-0.25, -0.2) is 4.98 Å². The lowest BCUT2D eigenvalue weighted by atomic mass is 10.4. The van der Waals surface area contributed by atoms with Crippen molar-refractivity contribution in [3.63, 3.8) is 0 Å². The van der Waals surface area contributed by atoms with Crippen LogP contribution in [-0.4, -0.2) is 45.7 Å². The molecule has 7 heteroatoms. The molecule has 0 atom stereocenters. The van der Waals surface area contributed by atoms with E-state index in [2.05, 4.69) is 20.3 Å². The summed E-state index contributed by atoms with van der Waals surface area (Å²) in [5.41, 5.74) is 1.29. The first-order valence-electron chi connectivity index (χ1n) is 5.14. The third kappa shape index (κ3) is 2.66. The Kier molecular flexibility index (Phi) is 3.46. The topological polar surface area (TPSA) is 77.1 Å². The van der Waals surface area contributed by atoms with Gasteiger partial charge >= 0.3 is 0 Å². The number of hydrogen-bond acceptors (Lipinski definition) is 5. The highest BCUT2D eigenvalue weighted by atomic mass is 35.5. The van der Waals surface area contributed by atoms with Crippen LogP contribution in [0.1, 0.15) is 5.69 Å². The fourth-order valence-electron chi connectivity index (χ4n) is 1.42. The lowest BCUT2D eigenvalue weighted by molar-refractivity contribution is 0.278. The first kappa shape index (κ1) is 12.1. The molecular formula is C10H14ClN5O. The molecule has 0 aliphatic heterocycles. The van der Waals surface area contributed by atoms with E-state index in [1.54, 1.807) is 6.07 Å². The molecule has 2 aromatic heterocycles. The Morgan fingerprint density at radius 2 is 2.24 bits per heavy atom. The maximum absolute atomic E-state index is 9.03. The molecule has 6 nitrogen and oxygen atoms in total. The molecule has 3 N–H and O–H groups in total. The number of rotatable bonds is 4. The largest absolute Gasteiger partial charge is 0.390 e. The van der Waals surface area contributed by atoms with E-state index in [0.717, 1.165) is 0 Å². The molecule has 92 valence electrons. The van der Waals surface area contributed by atoms with Crippen LogP contribution in [0.2, 0.25) is 5.15 Å². The minimum Gasteiger partial charge on any atom is -0.390 e. The second kappa shape index (κ2) is 4.87. The van der Waals surface area contributed by atoms with Crippen molar-refractivity contribution < 1.29 is 5.11 Å². The average molecular weight is 256 g/mol. The Labute approximate surface area is 104 Å². The van der Waals surface area contributed by atoms with E-state index < -0.39 is 0 Å². The summed E-state index contributed by atoms with van der Waals surface area (Å²) < 4.78 is 0. The van der Waals surface area contributed by atoms with Gasteiger partial charge in [-0.3, -0.25) is 4.90 Å². The predicted octanol–water partition coefficient (Wildman–Crippen LogP) is 1.03. The molecular weight excluding hydrogens is 242 g/mol. The van der Waals surface area contributed by atoms with Crippen molar-refractivity contribution in [3.05, 3.63) is 16.9 Å². The summed E-state index contributed by atoms with van der Waals surface area (Å²) in [5.74, 6) is 0.461. The van der Waals surface area contributed by atoms with E-state index in [-0.39, 0.29) is 6.61 Å². The molecule has 2 rings (SSSR count).